The molecule has 1 aromatic carbocycles. The summed E-state index contributed by atoms with van der Waals surface area (Å²) in [5.74, 6) is 0.402. The SMILES string of the molecule is CC[N+](C)(CC)CCN=C([O-])COc1ccc(Cl)cc1.I. The lowest BCUT2D eigenvalue weighted by atomic mass is 10.3. The van der Waals surface area contributed by atoms with E-state index in [-0.39, 0.29) is 36.5 Å². The third-order valence-electron chi connectivity index (χ3n) is 3.63. The molecular formula is C15H24ClIN2O2. The van der Waals surface area contributed by atoms with Crippen molar-refractivity contribution in [3.63, 3.8) is 0 Å². The molecule has 1 aromatic rings. The first-order valence-electron chi connectivity index (χ1n) is 6.91. The molecule has 0 fully saturated rings. The van der Waals surface area contributed by atoms with Gasteiger partial charge in [0.05, 0.1) is 33.2 Å². The van der Waals surface area contributed by atoms with Gasteiger partial charge in [0.1, 0.15) is 12.4 Å². The molecule has 0 spiro atoms. The largest absolute Gasteiger partial charge is 0.860 e. The molecule has 0 unspecified atom stereocenters. The van der Waals surface area contributed by atoms with Gasteiger partial charge in [0.2, 0.25) is 0 Å². The summed E-state index contributed by atoms with van der Waals surface area (Å²) in [5.41, 5.74) is 0. The molecule has 21 heavy (non-hydrogen) atoms. The van der Waals surface area contributed by atoms with Gasteiger partial charge < -0.3 is 14.3 Å². The van der Waals surface area contributed by atoms with E-state index in [4.69, 9.17) is 16.3 Å². The van der Waals surface area contributed by atoms with Gasteiger partial charge in [-0.2, -0.15) is 0 Å². The molecule has 0 aromatic heterocycles. The van der Waals surface area contributed by atoms with E-state index in [9.17, 15) is 5.11 Å². The number of likely N-dealkylation sites (N-methyl/N-ethyl adjacent to an activating group) is 1. The van der Waals surface area contributed by atoms with E-state index in [0.29, 0.717) is 17.3 Å². The Labute approximate surface area is 149 Å². The van der Waals surface area contributed by atoms with Crippen LogP contribution in [0.4, 0.5) is 0 Å². The lowest BCUT2D eigenvalue weighted by Gasteiger charge is -2.31. The van der Waals surface area contributed by atoms with Crippen LogP contribution in [0.25, 0.3) is 0 Å². The highest BCUT2D eigenvalue weighted by Crippen LogP contribution is 2.15. The Kier molecular flexibility index (Phi) is 9.98. The first-order chi connectivity index (χ1) is 9.49. The summed E-state index contributed by atoms with van der Waals surface area (Å²) in [5, 5.41) is 12.3. The molecule has 0 bridgehead atoms. The fraction of sp³-hybridized carbons (Fsp3) is 0.533. The average molecular weight is 427 g/mol. The van der Waals surface area contributed by atoms with Gasteiger partial charge in [-0.1, -0.05) is 11.6 Å². The molecule has 0 radical (unpaired) electrons. The quantitative estimate of drug-likeness (QED) is 0.278. The Morgan fingerprint density at radius 3 is 2.33 bits per heavy atom. The number of halogens is 2. The zero-order valence-electron chi connectivity index (χ0n) is 12.8. The van der Waals surface area contributed by atoms with Crippen molar-refractivity contribution in [3.8, 4) is 5.75 Å². The molecule has 0 heterocycles. The number of benzene rings is 1. The molecule has 0 aliphatic heterocycles. The van der Waals surface area contributed by atoms with Crippen LogP contribution >= 0.6 is 35.6 Å². The molecule has 0 N–H and O–H groups in total. The van der Waals surface area contributed by atoms with Gasteiger partial charge in [0, 0.05) is 5.02 Å². The molecule has 0 aliphatic carbocycles. The second kappa shape index (κ2) is 10.2. The van der Waals surface area contributed by atoms with Gasteiger partial charge in [-0.3, -0.25) is 4.99 Å². The van der Waals surface area contributed by atoms with Gasteiger partial charge in [0.15, 0.2) is 0 Å². The molecular weight excluding hydrogens is 403 g/mol. The van der Waals surface area contributed by atoms with Gasteiger partial charge >= 0.3 is 0 Å². The minimum Gasteiger partial charge on any atom is -0.860 e. The lowest BCUT2D eigenvalue weighted by molar-refractivity contribution is -0.904. The minimum atomic E-state index is -0.223. The van der Waals surface area contributed by atoms with Gasteiger partial charge in [0.25, 0.3) is 0 Å². The van der Waals surface area contributed by atoms with E-state index in [0.717, 1.165) is 24.1 Å². The van der Waals surface area contributed by atoms with Crippen LogP contribution in [0, 0.1) is 0 Å². The standard InChI is InChI=1S/C15H23ClN2O2.HI/c1-4-18(3,5-2)11-10-17-15(19)12-20-14-8-6-13(16)7-9-14;/h6-9H,4-5,10-12H2,1-3H3;1H. The number of rotatable bonds is 8. The molecule has 0 atom stereocenters. The Morgan fingerprint density at radius 1 is 1.24 bits per heavy atom. The lowest BCUT2D eigenvalue weighted by Crippen LogP contribution is -2.45. The van der Waals surface area contributed by atoms with Crippen molar-refractivity contribution in [2.45, 2.75) is 13.8 Å². The summed E-state index contributed by atoms with van der Waals surface area (Å²) >= 11 is 5.77. The summed E-state index contributed by atoms with van der Waals surface area (Å²) in [7, 11) is 2.17. The zero-order chi connectivity index (χ0) is 15.0. The summed E-state index contributed by atoms with van der Waals surface area (Å²) in [6.07, 6.45) is 0. The minimum absolute atomic E-state index is 0. The predicted octanol–water partition coefficient (Wildman–Crippen LogP) is 2.58. The molecule has 0 aliphatic rings. The number of quaternary nitrogens is 1. The number of nitrogens with zero attached hydrogens (tertiary/aromatic N) is 2. The molecule has 0 saturated carbocycles. The number of hydrogen-bond donors (Lipinski definition) is 0. The van der Waals surface area contributed by atoms with E-state index >= 15 is 0 Å². The Balaban J connectivity index is 0.00000400. The maximum absolute atomic E-state index is 11.6. The van der Waals surface area contributed by atoms with E-state index in [2.05, 4.69) is 25.9 Å². The van der Waals surface area contributed by atoms with Crippen molar-refractivity contribution < 1.29 is 14.3 Å². The van der Waals surface area contributed by atoms with Crippen molar-refractivity contribution in [2.24, 2.45) is 4.99 Å². The molecule has 1 rings (SSSR count). The number of hydrogen-bond acceptors (Lipinski definition) is 3. The number of aliphatic imine (C=N–C) groups is 1. The van der Waals surface area contributed by atoms with Crippen molar-refractivity contribution in [1.29, 1.82) is 0 Å². The van der Waals surface area contributed by atoms with Gasteiger partial charge in [-0.25, -0.2) is 0 Å². The van der Waals surface area contributed by atoms with Gasteiger partial charge in [-0.15, -0.1) is 24.0 Å². The van der Waals surface area contributed by atoms with Crippen LogP contribution in [-0.2, 0) is 0 Å². The predicted molar refractivity (Wildman–Crippen MR) is 96.8 cm³/mol. The second-order valence-corrected chi connectivity index (χ2v) is 5.43. The molecule has 4 nitrogen and oxygen atoms in total. The fourth-order valence-electron chi connectivity index (χ4n) is 1.68. The Hall–Kier alpha value is -0.530. The maximum Gasteiger partial charge on any atom is 0.119 e. The second-order valence-electron chi connectivity index (χ2n) is 4.99. The first-order valence-corrected chi connectivity index (χ1v) is 7.29. The maximum atomic E-state index is 11.6. The fourth-order valence-corrected chi connectivity index (χ4v) is 1.80. The van der Waals surface area contributed by atoms with Crippen molar-refractivity contribution in [1.82, 2.24) is 0 Å². The molecule has 0 saturated heterocycles. The summed E-state index contributed by atoms with van der Waals surface area (Å²) in [6, 6.07) is 6.92. The van der Waals surface area contributed by atoms with Crippen molar-refractivity contribution >= 4 is 41.5 Å². The third kappa shape index (κ3) is 7.87. The highest BCUT2D eigenvalue weighted by Gasteiger charge is 2.14. The van der Waals surface area contributed by atoms with E-state index in [1.54, 1.807) is 24.3 Å². The third-order valence-corrected chi connectivity index (χ3v) is 3.88. The smallest absolute Gasteiger partial charge is 0.119 e. The van der Waals surface area contributed by atoms with Crippen LogP contribution in [0.2, 0.25) is 5.02 Å². The van der Waals surface area contributed by atoms with Gasteiger partial charge in [-0.05, 0) is 44.0 Å². The summed E-state index contributed by atoms with van der Waals surface area (Å²) in [6.45, 7) is 7.77. The van der Waals surface area contributed by atoms with E-state index < -0.39 is 0 Å². The Morgan fingerprint density at radius 2 is 1.81 bits per heavy atom. The van der Waals surface area contributed by atoms with Crippen LogP contribution in [0.1, 0.15) is 13.8 Å². The topological polar surface area (TPSA) is 44.7 Å². The van der Waals surface area contributed by atoms with Crippen LogP contribution in [0.5, 0.6) is 5.75 Å². The Bertz CT molecular complexity index is 434. The monoisotopic (exact) mass is 426 g/mol. The highest BCUT2D eigenvalue weighted by atomic mass is 127. The van der Waals surface area contributed by atoms with Crippen molar-refractivity contribution in [2.75, 3.05) is 39.8 Å². The van der Waals surface area contributed by atoms with Crippen molar-refractivity contribution in [3.05, 3.63) is 29.3 Å². The summed E-state index contributed by atoms with van der Waals surface area (Å²) in [4.78, 5) is 4.03. The van der Waals surface area contributed by atoms with Crippen LogP contribution in [0.3, 0.4) is 0 Å². The molecule has 6 heteroatoms. The van der Waals surface area contributed by atoms with E-state index in [1.165, 1.54) is 0 Å². The summed E-state index contributed by atoms with van der Waals surface area (Å²) < 4.78 is 6.28. The molecule has 120 valence electrons. The van der Waals surface area contributed by atoms with Crippen LogP contribution in [0.15, 0.2) is 29.3 Å². The first kappa shape index (κ1) is 20.5. The number of ether oxygens (including phenoxy) is 1. The van der Waals surface area contributed by atoms with E-state index in [1.807, 2.05) is 0 Å². The molecule has 0 amide bonds. The normalized spacial score (nSPS) is 11.9. The average Bonchev–Trinajstić information content (AvgIpc) is 2.46. The highest BCUT2D eigenvalue weighted by molar-refractivity contribution is 14.0. The van der Waals surface area contributed by atoms with Crippen LogP contribution < -0.4 is 9.84 Å². The zero-order valence-corrected chi connectivity index (χ0v) is 15.9. The van der Waals surface area contributed by atoms with Crippen LogP contribution in [-0.4, -0.2) is 50.2 Å².